The summed E-state index contributed by atoms with van der Waals surface area (Å²) < 4.78 is 31.0. The molecule has 12 heteroatoms. The molecule has 4 rings (SSSR count). The maximum absolute atomic E-state index is 13.4. The SMILES string of the molecule is Cc1c(C)c(C)c(S(=O)(=O)N[C@@H](Cc2nc3ccc(/C=C/CNc4nccn4C)cc3c(=O)[nH]2)C(=O)O)c(C)c1C. The van der Waals surface area contributed by atoms with Crippen LogP contribution in [0.2, 0.25) is 0 Å². The van der Waals surface area contributed by atoms with E-state index < -0.39 is 27.6 Å². The number of aliphatic carboxylic acids is 1. The lowest BCUT2D eigenvalue weighted by Crippen LogP contribution is -2.43. The van der Waals surface area contributed by atoms with Gasteiger partial charge in [-0.3, -0.25) is 9.59 Å². The van der Waals surface area contributed by atoms with Crippen LogP contribution in [0.25, 0.3) is 17.0 Å². The van der Waals surface area contributed by atoms with Gasteiger partial charge in [0.15, 0.2) is 0 Å². The zero-order chi connectivity index (χ0) is 30.1. The van der Waals surface area contributed by atoms with E-state index in [2.05, 4.69) is 25.0 Å². The van der Waals surface area contributed by atoms with E-state index >= 15 is 0 Å². The normalized spacial score (nSPS) is 12.7. The van der Waals surface area contributed by atoms with E-state index in [4.69, 9.17) is 0 Å². The summed E-state index contributed by atoms with van der Waals surface area (Å²) in [7, 11) is -2.32. The van der Waals surface area contributed by atoms with Crippen LogP contribution in [-0.4, -0.2) is 51.6 Å². The Balaban J connectivity index is 1.55. The Bertz CT molecular complexity index is 1810. The molecule has 0 saturated heterocycles. The van der Waals surface area contributed by atoms with Crippen molar-refractivity contribution in [3.05, 3.63) is 86.2 Å². The number of imidazole rings is 1. The Hall–Kier alpha value is -4.29. The molecular formula is C29H34N6O5S. The molecule has 41 heavy (non-hydrogen) atoms. The summed E-state index contributed by atoms with van der Waals surface area (Å²) in [6, 6.07) is 3.60. The van der Waals surface area contributed by atoms with Crippen molar-refractivity contribution in [2.24, 2.45) is 7.05 Å². The Morgan fingerprint density at radius 2 is 1.76 bits per heavy atom. The van der Waals surface area contributed by atoms with Crippen LogP contribution < -0.4 is 15.6 Å². The minimum Gasteiger partial charge on any atom is -0.480 e. The molecule has 0 unspecified atom stereocenters. The van der Waals surface area contributed by atoms with Crippen LogP contribution in [0.1, 0.15) is 39.2 Å². The van der Waals surface area contributed by atoms with Crippen LogP contribution in [0.5, 0.6) is 0 Å². The maximum Gasteiger partial charge on any atom is 0.322 e. The van der Waals surface area contributed by atoms with Crippen LogP contribution in [0, 0.1) is 34.6 Å². The number of benzene rings is 2. The molecule has 0 fully saturated rings. The number of rotatable bonds is 10. The Morgan fingerprint density at radius 3 is 2.37 bits per heavy atom. The molecule has 0 saturated carbocycles. The summed E-state index contributed by atoms with van der Waals surface area (Å²) >= 11 is 0. The number of anilines is 1. The third-order valence-corrected chi connectivity index (χ3v) is 9.23. The summed E-state index contributed by atoms with van der Waals surface area (Å²) in [5.74, 6) is -0.589. The quantitative estimate of drug-likeness (QED) is 0.223. The van der Waals surface area contributed by atoms with E-state index in [9.17, 15) is 23.1 Å². The lowest BCUT2D eigenvalue weighted by molar-refractivity contribution is -0.139. The Kier molecular flexibility index (Phi) is 8.45. The number of carboxylic acid groups (broad SMARTS) is 1. The van der Waals surface area contributed by atoms with E-state index in [0.29, 0.717) is 28.6 Å². The van der Waals surface area contributed by atoms with E-state index in [0.717, 1.165) is 28.2 Å². The summed E-state index contributed by atoms with van der Waals surface area (Å²) in [5, 5.41) is 13.4. The van der Waals surface area contributed by atoms with Crippen LogP contribution in [-0.2, 0) is 28.3 Å². The number of H-pyrrole nitrogens is 1. The van der Waals surface area contributed by atoms with Gasteiger partial charge in [0.2, 0.25) is 16.0 Å². The monoisotopic (exact) mass is 578 g/mol. The molecule has 11 nitrogen and oxygen atoms in total. The summed E-state index contributed by atoms with van der Waals surface area (Å²) in [4.78, 5) is 36.3. The second-order valence-corrected chi connectivity index (χ2v) is 11.8. The first kappa shape index (κ1) is 29.7. The second kappa shape index (κ2) is 11.7. The molecule has 0 amide bonds. The van der Waals surface area contributed by atoms with E-state index in [-0.39, 0.29) is 17.1 Å². The van der Waals surface area contributed by atoms with Crippen LogP contribution in [0.4, 0.5) is 5.95 Å². The first-order valence-electron chi connectivity index (χ1n) is 13.0. The topological polar surface area (TPSA) is 159 Å². The minimum atomic E-state index is -4.20. The molecule has 0 aliphatic rings. The molecular weight excluding hydrogens is 544 g/mol. The second-order valence-electron chi connectivity index (χ2n) is 10.1. The van der Waals surface area contributed by atoms with E-state index in [1.165, 1.54) is 0 Å². The van der Waals surface area contributed by atoms with Gasteiger partial charge in [0, 0.05) is 32.4 Å². The fraction of sp³-hybridized carbons (Fsp3) is 0.310. The first-order valence-corrected chi connectivity index (χ1v) is 14.5. The number of hydrogen-bond donors (Lipinski definition) is 4. The van der Waals surface area contributed by atoms with Gasteiger partial charge < -0.3 is 20.0 Å². The van der Waals surface area contributed by atoms with Crippen molar-refractivity contribution in [2.45, 2.75) is 52.0 Å². The summed E-state index contributed by atoms with van der Waals surface area (Å²) in [6.07, 6.45) is 6.95. The number of sulfonamides is 1. The zero-order valence-corrected chi connectivity index (χ0v) is 24.7. The van der Waals surface area contributed by atoms with Crippen LogP contribution >= 0.6 is 0 Å². The minimum absolute atomic E-state index is 0.0601. The van der Waals surface area contributed by atoms with Crippen molar-refractivity contribution in [3.63, 3.8) is 0 Å². The molecule has 0 aliphatic carbocycles. The average Bonchev–Trinajstić information content (AvgIpc) is 3.32. The van der Waals surface area contributed by atoms with Gasteiger partial charge in [-0.2, -0.15) is 4.72 Å². The highest BCUT2D eigenvalue weighted by Gasteiger charge is 2.30. The van der Waals surface area contributed by atoms with Crippen molar-refractivity contribution < 1.29 is 18.3 Å². The predicted octanol–water partition coefficient (Wildman–Crippen LogP) is 3.30. The van der Waals surface area contributed by atoms with Crippen molar-refractivity contribution in [3.8, 4) is 0 Å². The number of aryl methyl sites for hydroxylation is 1. The fourth-order valence-electron chi connectivity index (χ4n) is 4.77. The van der Waals surface area contributed by atoms with Crippen molar-refractivity contribution >= 4 is 38.9 Å². The number of carboxylic acids is 1. The van der Waals surface area contributed by atoms with Gasteiger partial charge in [-0.15, -0.1) is 0 Å². The highest BCUT2D eigenvalue weighted by molar-refractivity contribution is 7.89. The molecule has 0 bridgehead atoms. The molecule has 0 aliphatic heterocycles. The van der Waals surface area contributed by atoms with E-state index in [1.54, 1.807) is 38.2 Å². The molecule has 1 atom stereocenters. The van der Waals surface area contributed by atoms with Crippen LogP contribution in [0.3, 0.4) is 0 Å². The third kappa shape index (κ3) is 6.23. The largest absolute Gasteiger partial charge is 0.480 e. The van der Waals surface area contributed by atoms with Gasteiger partial charge in [0.1, 0.15) is 11.9 Å². The van der Waals surface area contributed by atoms with Crippen molar-refractivity contribution in [1.29, 1.82) is 0 Å². The first-order chi connectivity index (χ1) is 19.3. The van der Waals surface area contributed by atoms with Gasteiger partial charge in [-0.25, -0.2) is 18.4 Å². The van der Waals surface area contributed by atoms with Gasteiger partial charge >= 0.3 is 5.97 Å². The Morgan fingerprint density at radius 1 is 1.10 bits per heavy atom. The molecule has 4 N–H and O–H groups in total. The lowest BCUT2D eigenvalue weighted by atomic mass is 9.95. The van der Waals surface area contributed by atoms with Gasteiger partial charge in [0.25, 0.3) is 5.56 Å². The van der Waals surface area contributed by atoms with E-state index in [1.807, 2.05) is 50.7 Å². The molecule has 4 aromatic rings. The standard InChI is InChI=1S/C29H34N6O5S/c1-16-17(2)19(4)26(20(5)18(16)3)41(39,40)34-24(28(37)38)15-25-32-23-10-9-21(14-22(23)27(36)33-25)8-7-11-30-29-31-12-13-35(29)6/h7-10,12-14,24,34H,11,15H2,1-6H3,(H,30,31)(H,37,38)(H,32,33,36)/b8-7+/t24-/m0/s1. The maximum atomic E-state index is 13.4. The number of carbonyl (C=O) groups is 1. The average molecular weight is 579 g/mol. The highest BCUT2D eigenvalue weighted by atomic mass is 32.2. The number of nitrogens with zero attached hydrogens (tertiary/aromatic N) is 3. The molecule has 216 valence electrons. The molecule has 0 spiro atoms. The third-order valence-electron chi connectivity index (χ3n) is 7.48. The van der Waals surface area contributed by atoms with Gasteiger partial charge in [-0.1, -0.05) is 18.2 Å². The lowest BCUT2D eigenvalue weighted by Gasteiger charge is -2.21. The van der Waals surface area contributed by atoms with Gasteiger partial charge in [-0.05, 0) is 80.1 Å². The van der Waals surface area contributed by atoms with Crippen molar-refractivity contribution in [2.75, 3.05) is 11.9 Å². The fourth-order valence-corrected chi connectivity index (χ4v) is 6.56. The smallest absolute Gasteiger partial charge is 0.322 e. The van der Waals surface area contributed by atoms with Gasteiger partial charge in [0.05, 0.1) is 15.8 Å². The summed E-state index contributed by atoms with van der Waals surface area (Å²) in [6.45, 7) is 9.56. The van der Waals surface area contributed by atoms with Crippen LogP contribution in [0.15, 0.2) is 46.4 Å². The number of nitrogens with one attached hydrogen (secondary N) is 3. The number of hydrogen-bond acceptors (Lipinski definition) is 7. The molecule has 0 radical (unpaired) electrons. The highest BCUT2D eigenvalue weighted by Crippen LogP contribution is 2.29. The molecule has 2 heterocycles. The number of aromatic amines is 1. The molecule has 2 aromatic heterocycles. The Labute approximate surface area is 238 Å². The zero-order valence-electron chi connectivity index (χ0n) is 23.9. The summed E-state index contributed by atoms with van der Waals surface area (Å²) in [5.41, 5.74) is 4.49. The predicted molar refractivity (Wildman–Crippen MR) is 159 cm³/mol. The number of aromatic nitrogens is 4. The van der Waals surface area contributed by atoms with Crippen molar-refractivity contribution in [1.82, 2.24) is 24.2 Å². The number of fused-ring (bicyclic) bond motifs is 1. The molecule has 2 aromatic carbocycles.